The van der Waals surface area contributed by atoms with Gasteiger partial charge in [0.1, 0.15) is 0 Å². The number of aryl methyl sites for hydroxylation is 1. The van der Waals surface area contributed by atoms with E-state index in [0.29, 0.717) is 47.6 Å². The number of hydrogen-bond acceptors (Lipinski definition) is 6. The van der Waals surface area contributed by atoms with Crippen LogP contribution in [0, 0.1) is 6.92 Å². The molecule has 3 heterocycles. The second-order valence-corrected chi connectivity index (χ2v) is 11.0. The third-order valence-electron chi connectivity index (χ3n) is 7.02. The van der Waals surface area contributed by atoms with Crippen molar-refractivity contribution in [3.63, 3.8) is 0 Å². The smallest absolute Gasteiger partial charge is 0.253 e. The summed E-state index contributed by atoms with van der Waals surface area (Å²) < 4.78 is 0. The summed E-state index contributed by atoms with van der Waals surface area (Å²) in [5, 5.41) is 7.76. The van der Waals surface area contributed by atoms with Crippen molar-refractivity contribution < 1.29 is 9.59 Å². The van der Waals surface area contributed by atoms with E-state index in [1.165, 1.54) is 11.6 Å². The molecule has 0 unspecified atom stereocenters. The number of halogens is 1. The lowest BCUT2D eigenvalue weighted by Crippen LogP contribution is -2.45. The quantitative estimate of drug-likeness (QED) is 0.246. The summed E-state index contributed by atoms with van der Waals surface area (Å²) in [6, 6.07) is 13.2. The van der Waals surface area contributed by atoms with Crippen LogP contribution in [0.2, 0.25) is 5.02 Å². The first-order chi connectivity index (χ1) is 19.8. The summed E-state index contributed by atoms with van der Waals surface area (Å²) >= 11 is 6.52. The summed E-state index contributed by atoms with van der Waals surface area (Å²) in [4.78, 5) is 41.7. The molecule has 0 bridgehead atoms. The van der Waals surface area contributed by atoms with Crippen molar-refractivity contribution in [1.29, 1.82) is 0 Å². The molecular weight excluding hydrogens is 538 g/mol. The fourth-order valence-corrected chi connectivity index (χ4v) is 5.15. The molecule has 9 nitrogen and oxygen atoms in total. The molecule has 4 aromatic rings. The Bertz CT molecular complexity index is 1580. The van der Waals surface area contributed by atoms with Gasteiger partial charge in [-0.05, 0) is 69.8 Å². The molecule has 1 saturated heterocycles. The predicted octanol–water partition coefficient (Wildman–Crippen LogP) is 5.36. The second kappa shape index (κ2) is 12.5. The molecule has 0 spiro atoms. The highest BCUT2D eigenvalue weighted by Crippen LogP contribution is 2.33. The molecule has 212 valence electrons. The number of aromatic amines is 1. The van der Waals surface area contributed by atoms with Crippen LogP contribution in [-0.2, 0) is 4.79 Å². The van der Waals surface area contributed by atoms with Gasteiger partial charge in [-0.25, -0.2) is 9.97 Å². The molecule has 0 radical (unpaired) electrons. The van der Waals surface area contributed by atoms with Crippen molar-refractivity contribution >= 4 is 46.0 Å². The minimum Gasteiger partial charge on any atom is -0.360 e. The van der Waals surface area contributed by atoms with Crippen LogP contribution >= 0.6 is 11.6 Å². The van der Waals surface area contributed by atoms with E-state index in [1.807, 2.05) is 30.1 Å². The first-order valence-corrected chi connectivity index (χ1v) is 14.0. The van der Waals surface area contributed by atoms with E-state index in [0.717, 1.165) is 29.3 Å². The van der Waals surface area contributed by atoms with E-state index in [2.05, 4.69) is 45.7 Å². The molecule has 3 N–H and O–H groups in total. The number of amides is 2. The van der Waals surface area contributed by atoms with Gasteiger partial charge in [0, 0.05) is 65.7 Å². The average molecular weight is 572 g/mol. The molecule has 2 aromatic carbocycles. The molecular formula is C31H34ClN7O2. The van der Waals surface area contributed by atoms with Gasteiger partial charge >= 0.3 is 0 Å². The number of piperidine rings is 1. The van der Waals surface area contributed by atoms with Gasteiger partial charge in [-0.3, -0.25) is 9.59 Å². The van der Waals surface area contributed by atoms with Crippen LogP contribution in [-0.4, -0.2) is 76.3 Å². The Balaban J connectivity index is 1.22. The molecule has 1 atom stereocenters. The van der Waals surface area contributed by atoms with Crippen molar-refractivity contribution in [2.45, 2.75) is 25.8 Å². The molecule has 1 aliphatic heterocycles. The Kier molecular flexibility index (Phi) is 8.66. The Labute approximate surface area is 244 Å². The third kappa shape index (κ3) is 6.93. The summed E-state index contributed by atoms with van der Waals surface area (Å²) in [5.74, 6) is 0.222. The first kappa shape index (κ1) is 28.3. The summed E-state index contributed by atoms with van der Waals surface area (Å²) in [6.45, 7) is 3.94. The van der Waals surface area contributed by atoms with Crippen molar-refractivity contribution in [2.75, 3.05) is 44.4 Å². The summed E-state index contributed by atoms with van der Waals surface area (Å²) in [6.07, 6.45) is 8.59. The third-order valence-corrected chi connectivity index (χ3v) is 7.29. The number of aromatic nitrogens is 3. The molecule has 41 heavy (non-hydrogen) atoms. The lowest BCUT2D eigenvalue weighted by molar-refractivity contribution is -0.111. The minimum atomic E-state index is -0.205. The van der Waals surface area contributed by atoms with Crippen LogP contribution in [0.25, 0.3) is 22.2 Å². The van der Waals surface area contributed by atoms with E-state index in [-0.39, 0.29) is 17.9 Å². The zero-order valence-electron chi connectivity index (χ0n) is 23.4. The number of hydrogen-bond donors (Lipinski definition) is 3. The van der Waals surface area contributed by atoms with Crippen LogP contribution in [0.5, 0.6) is 0 Å². The maximum absolute atomic E-state index is 13.3. The van der Waals surface area contributed by atoms with E-state index < -0.39 is 0 Å². The molecule has 0 saturated carbocycles. The van der Waals surface area contributed by atoms with Gasteiger partial charge in [-0.1, -0.05) is 29.8 Å². The SMILES string of the molecule is Cc1ccc2c(-c3nc(N[C@@H]4CCCN(C(=O)c5ccc(NC(=O)/C=C/CN(C)C)cc5)C4)ncc3Cl)c[nH]c2c1. The Morgan fingerprint density at radius 3 is 2.78 bits per heavy atom. The molecule has 10 heteroatoms. The topological polar surface area (TPSA) is 106 Å². The number of carbonyl (C=O) groups excluding carboxylic acids is 2. The number of H-pyrrole nitrogens is 1. The monoisotopic (exact) mass is 571 g/mol. The van der Waals surface area contributed by atoms with Gasteiger partial charge < -0.3 is 25.4 Å². The zero-order chi connectivity index (χ0) is 28.9. The molecule has 1 aliphatic rings. The number of fused-ring (bicyclic) bond motifs is 1. The number of rotatable bonds is 8. The zero-order valence-corrected chi connectivity index (χ0v) is 24.2. The summed E-state index contributed by atoms with van der Waals surface area (Å²) in [7, 11) is 3.87. The van der Waals surface area contributed by atoms with Gasteiger partial charge in [0.05, 0.1) is 16.9 Å². The fraction of sp³-hybridized carbons (Fsp3) is 0.290. The number of likely N-dealkylation sites (tertiary alicyclic amines) is 1. The van der Waals surface area contributed by atoms with Crippen LogP contribution in [0.15, 0.2) is 67.0 Å². The number of anilines is 2. The highest BCUT2D eigenvalue weighted by Gasteiger charge is 2.25. The van der Waals surface area contributed by atoms with Crippen LogP contribution in [0.4, 0.5) is 11.6 Å². The number of nitrogens with zero attached hydrogens (tertiary/aromatic N) is 4. The van der Waals surface area contributed by atoms with E-state index >= 15 is 0 Å². The van der Waals surface area contributed by atoms with Crippen molar-refractivity contribution in [3.05, 3.63) is 83.2 Å². The van der Waals surface area contributed by atoms with Crippen LogP contribution < -0.4 is 10.6 Å². The first-order valence-electron chi connectivity index (χ1n) is 13.7. The highest BCUT2D eigenvalue weighted by molar-refractivity contribution is 6.33. The Morgan fingerprint density at radius 1 is 1.20 bits per heavy atom. The molecule has 2 amide bonds. The van der Waals surface area contributed by atoms with Gasteiger partial charge in [-0.2, -0.15) is 0 Å². The molecule has 2 aromatic heterocycles. The van der Waals surface area contributed by atoms with Gasteiger partial charge in [0.25, 0.3) is 5.91 Å². The minimum absolute atomic E-state index is 0.000131. The molecule has 5 rings (SSSR count). The number of nitrogens with one attached hydrogen (secondary N) is 3. The maximum atomic E-state index is 13.3. The van der Waals surface area contributed by atoms with Gasteiger partial charge in [0.15, 0.2) is 0 Å². The average Bonchev–Trinajstić information content (AvgIpc) is 3.37. The largest absolute Gasteiger partial charge is 0.360 e. The predicted molar refractivity (Wildman–Crippen MR) is 164 cm³/mol. The van der Waals surface area contributed by atoms with Crippen LogP contribution in [0.1, 0.15) is 28.8 Å². The number of carbonyl (C=O) groups is 2. The van der Waals surface area contributed by atoms with Gasteiger partial charge in [-0.15, -0.1) is 0 Å². The normalized spacial score (nSPS) is 15.5. The van der Waals surface area contributed by atoms with E-state index in [9.17, 15) is 9.59 Å². The fourth-order valence-electron chi connectivity index (χ4n) is 4.96. The Morgan fingerprint density at radius 2 is 2.00 bits per heavy atom. The number of benzene rings is 2. The van der Waals surface area contributed by atoms with E-state index in [4.69, 9.17) is 16.6 Å². The standard InChI is InChI=1S/C31H34ClN7O2/c1-20-8-13-24-25(17-33-27(24)16-20)29-26(32)18-34-31(37-29)36-23-6-4-15-39(19-23)30(41)21-9-11-22(12-10-21)35-28(40)7-5-14-38(2)3/h5,7-13,16-18,23,33H,4,6,14-15,19H2,1-3H3,(H,35,40)(H,34,36,37)/b7-5+/t23-/m1/s1. The van der Waals surface area contributed by atoms with E-state index in [1.54, 1.807) is 36.5 Å². The lowest BCUT2D eigenvalue weighted by atomic mass is 10.0. The maximum Gasteiger partial charge on any atom is 0.253 e. The summed E-state index contributed by atoms with van der Waals surface area (Å²) in [5.41, 5.74) is 4.98. The van der Waals surface area contributed by atoms with Crippen LogP contribution in [0.3, 0.4) is 0 Å². The van der Waals surface area contributed by atoms with Crippen molar-refractivity contribution in [2.24, 2.45) is 0 Å². The van der Waals surface area contributed by atoms with Crippen molar-refractivity contribution in [1.82, 2.24) is 24.8 Å². The van der Waals surface area contributed by atoms with Crippen molar-refractivity contribution in [3.8, 4) is 11.3 Å². The lowest BCUT2D eigenvalue weighted by Gasteiger charge is -2.33. The highest BCUT2D eigenvalue weighted by atomic mass is 35.5. The molecule has 1 fully saturated rings. The molecule has 0 aliphatic carbocycles. The van der Waals surface area contributed by atoms with Gasteiger partial charge in [0.2, 0.25) is 11.9 Å². The number of likely N-dealkylation sites (N-methyl/N-ethyl adjacent to an activating group) is 1. The Hall–Kier alpha value is -4.21. The second-order valence-electron chi connectivity index (χ2n) is 10.6.